The first-order valence-corrected chi connectivity index (χ1v) is 8.76. The van der Waals surface area contributed by atoms with Crippen molar-refractivity contribution in [3.05, 3.63) is 97.1 Å². The molecule has 4 rings (SSSR count). The van der Waals surface area contributed by atoms with Gasteiger partial charge in [-0.3, -0.25) is 0 Å². The number of hydrogen-bond donors (Lipinski definition) is 0. The van der Waals surface area contributed by atoms with Gasteiger partial charge in [-0.2, -0.15) is 0 Å². The molecule has 0 atom stereocenters. The zero-order valence-corrected chi connectivity index (χ0v) is 14.7. The largest absolute Gasteiger partial charge is 0.482 e. The predicted molar refractivity (Wildman–Crippen MR) is 107 cm³/mol. The van der Waals surface area contributed by atoms with Crippen molar-refractivity contribution < 1.29 is 14.3 Å². The van der Waals surface area contributed by atoms with Gasteiger partial charge in [0.2, 0.25) is 0 Å². The van der Waals surface area contributed by atoms with Gasteiger partial charge in [0, 0.05) is 5.39 Å². The van der Waals surface area contributed by atoms with Gasteiger partial charge >= 0.3 is 5.97 Å². The first-order valence-electron chi connectivity index (χ1n) is 8.76. The van der Waals surface area contributed by atoms with Gasteiger partial charge in [0.1, 0.15) is 11.5 Å². The summed E-state index contributed by atoms with van der Waals surface area (Å²) >= 11 is 0. The molecule has 0 spiro atoms. The molecule has 3 nitrogen and oxygen atoms in total. The summed E-state index contributed by atoms with van der Waals surface area (Å²) in [6.07, 6.45) is 0. The van der Waals surface area contributed by atoms with Crippen LogP contribution in [0.15, 0.2) is 97.1 Å². The summed E-state index contributed by atoms with van der Waals surface area (Å²) in [7, 11) is 0. The van der Waals surface area contributed by atoms with E-state index in [-0.39, 0.29) is 6.61 Å². The van der Waals surface area contributed by atoms with E-state index in [1.54, 1.807) is 6.07 Å². The minimum absolute atomic E-state index is 0.145. The van der Waals surface area contributed by atoms with E-state index in [4.69, 9.17) is 9.47 Å². The fourth-order valence-corrected chi connectivity index (χ4v) is 2.95. The Morgan fingerprint density at radius 3 is 2.15 bits per heavy atom. The van der Waals surface area contributed by atoms with Gasteiger partial charge in [-0.05, 0) is 34.7 Å². The van der Waals surface area contributed by atoms with Crippen LogP contribution in [0.5, 0.6) is 11.5 Å². The second-order valence-corrected chi connectivity index (χ2v) is 6.13. The summed E-state index contributed by atoms with van der Waals surface area (Å²) in [6.45, 7) is -0.145. The Morgan fingerprint density at radius 2 is 1.33 bits per heavy atom. The fraction of sp³-hybridized carbons (Fsp3) is 0.0417. The van der Waals surface area contributed by atoms with Crippen LogP contribution >= 0.6 is 0 Å². The number of esters is 1. The van der Waals surface area contributed by atoms with Gasteiger partial charge in [0.15, 0.2) is 6.61 Å². The summed E-state index contributed by atoms with van der Waals surface area (Å²) < 4.78 is 11.0. The number of carbonyl (C=O) groups excluding carboxylic acids is 1. The minimum Gasteiger partial charge on any atom is -0.482 e. The van der Waals surface area contributed by atoms with E-state index < -0.39 is 5.97 Å². The van der Waals surface area contributed by atoms with Crippen molar-refractivity contribution >= 4 is 16.7 Å². The van der Waals surface area contributed by atoms with Gasteiger partial charge in [0.05, 0.1) is 0 Å². The fourth-order valence-electron chi connectivity index (χ4n) is 2.95. The third-order valence-corrected chi connectivity index (χ3v) is 4.29. The summed E-state index contributed by atoms with van der Waals surface area (Å²) in [5, 5.41) is 1.93. The van der Waals surface area contributed by atoms with Crippen molar-refractivity contribution in [2.45, 2.75) is 0 Å². The monoisotopic (exact) mass is 354 g/mol. The van der Waals surface area contributed by atoms with E-state index in [0.717, 1.165) is 21.9 Å². The topological polar surface area (TPSA) is 35.5 Å². The Labute approximate surface area is 157 Å². The third kappa shape index (κ3) is 3.98. The van der Waals surface area contributed by atoms with Gasteiger partial charge in [-0.1, -0.05) is 78.9 Å². The molecular formula is C24H18O3. The molecule has 27 heavy (non-hydrogen) atoms. The lowest BCUT2D eigenvalue weighted by molar-refractivity contribution is -0.136. The van der Waals surface area contributed by atoms with Crippen LogP contribution in [0.1, 0.15) is 0 Å². The maximum absolute atomic E-state index is 12.2. The Morgan fingerprint density at radius 1 is 0.667 bits per heavy atom. The highest BCUT2D eigenvalue weighted by Gasteiger charge is 2.09. The van der Waals surface area contributed by atoms with Crippen LogP contribution in [0.2, 0.25) is 0 Å². The van der Waals surface area contributed by atoms with Crippen molar-refractivity contribution in [2.75, 3.05) is 6.61 Å². The molecule has 0 radical (unpaired) electrons. The number of ether oxygens (including phenoxy) is 2. The van der Waals surface area contributed by atoms with Gasteiger partial charge in [-0.15, -0.1) is 0 Å². The molecule has 0 unspecified atom stereocenters. The average molecular weight is 354 g/mol. The molecule has 3 heteroatoms. The summed E-state index contributed by atoms with van der Waals surface area (Å²) in [5.41, 5.74) is 2.24. The number of benzene rings is 4. The average Bonchev–Trinajstić information content (AvgIpc) is 2.74. The van der Waals surface area contributed by atoms with E-state index >= 15 is 0 Å². The number of hydrogen-bond acceptors (Lipinski definition) is 3. The van der Waals surface area contributed by atoms with Crippen LogP contribution in [-0.4, -0.2) is 12.6 Å². The number of fused-ring (bicyclic) bond motifs is 1. The van der Waals surface area contributed by atoms with E-state index in [9.17, 15) is 4.79 Å². The third-order valence-electron chi connectivity index (χ3n) is 4.29. The molecule has 0 fully saturated rings. The Bertz CT molecular complexity index is 1050. The minimum atomic E-state index is -0.432. The second-order valence-electron chi connectivity index (χ2n) is 6.13. The normalized spacial score (nSPS) is 10.5. The highest BCUT2D eigenvalue weighted by Crippen LogP contribution is 2.25. The highest BCUT2D eigenvalue weighted by atomic mass is 16.6. The standard InChI is InChI=1S/C24H18O3/c25-24(27-23-12-6-10-20-9-4-5-11-22(20)23)17-26-21-15-13-19(14-16-21)18-7-2-1-3-8-18/h1-16H,17H2. The lowest BCUT2D eigenvalue weighted by Gasteiger charge is -2.09. The summed E-state index contributed by atoms with van der Waals surface area (Å²) in [6, 6.07) is 31.2. The first-order chi connectivity index (χ1) is 13.3. The molecule has 0 aromatic heterocycles. The van der Waals surface area contributed by atoms with Crippen LogP contribution in [0.4, 0.5) is 0 Å². The summed E-state index contributed by atoms with van der Waals surface area (Å²) in [4.78, 5) is 12.2. The molecule has 0 N–H and O–H groups in total. The molecule has 4 aromatic rings. The van der Waals surface area contributed by atoms with Gasteiger partial charge in [0.25, 0.3) is 0 Å². The van der Waals surface area contributed by atoms with Crippen LogP contribution in [0.25, 0.3) is 21.9 Å². The number of carbonyl (C=O) groups is 1. The van der Waals surface area contributed by atoms with E-state index in [1.807, 2.05) is 78.9 Å². The quantitative estimate of drug-likeness (QED) is 0.351. The van der Waals surface area contributed by atoms with Gasteiger partial charge < -0.3 is 9.47 Å². The van der Waals surface area contributed by atoms with Crippen molar-refractivity contribution in [2.24, 2.45) is 0 Å². The van der Waals surface area contributed by atoms with Gasteiger partial charge in [-0.25, -0.2) is 4.79 Å². The first kappa shape index (κ1) is 16.9. The Kier molecular flexibility index (Phi) is 4.84. The molecule has 0 aliphatic heterocycles. The molecule has 0 heterocycles. The smallest absolute Gasteiger partial charge is 0.349 e. The second kappa shape index (κ2) is 7.75. The maximum atomic E-state index is 12.2. The number of rotatable bonds is 5. The summed E-state index contributed by atoms with van der Waals surface area (Å²) in [5.74, 6) is 0.740. The molecule has 132 valence electrons. The van der Waals surface area contributed by atoms with Crippen molar-refractivity contribution in [3.63, 3.8) is 0 Å². The maximum Gasteiger partial charge on any atom is 0.349 e. The van der Waals surface area contributed by atoms with E-state index in [0.29, 0.717) is 11.5 Å². The molecule has 0 amide bonds. The van der Waals surface area contributed by atoms with Crippen LogP contribution in [0, 0.1) is 0 Å². The lowest BCUT2D eigenvalue weighted by atomic mass is 10.1. The zero-order valence-electron chi connectivity index (χ0n) is 14.7. The molecule has 4 aromatic carbocycles. The molecule has 0 aliphatic carbocycles. The molecular weight excluding hydrogens is 336 g/mol. The molecule has 0 aliphatic rings. The van der Waals surface area contributed by atoms with Crippen LogP contribution < -0.4 is 9.47 Å². The molecule has 0 saturated heterocycles. The zero-order chi connectivity index (χ0) is 18.5. The SMILES string of the molecule is O=C(COc1ccc(-c2ccccc2)cc1)Oc1cccc2ccccc12. The van der Waals surface area contributed by atoms with Crippen LogP contribution in [-0.2, 0) is 4.79 Å². The molecule has 0 bridgehead atoms. The van der Waals surface area contributed by atoms with E-state index in [2.05, 4.69) is 12.1 Å². The highest BCUT2D eigenvalue weighted by molar-refractivity contribution is 5.90. The predicted octanol–water partition coefficient (Wildman–Crippen LogP) is 5.49. The van der Waals surface area contributed by atoms with Crippen molar-refractivity contribution in [3.8, 4) is 22.6 Å². The van der Waals surface area contributed by atoms with Crippen molar-refractivity contribution in [1.29, 1.82) is 0 Å². The molecule has 0 saturated carbocycles. The van der Waals surface area contributed by atoms with Crippen LogP contribution in [0.3, 0.4) is 0 Å². The van der Waals surface area contributed by atoms with Crippen molar-refractivity contribution in [1.82, 2.24) is 0 Å². The Balaban J connectivity index is 1.39. The Hall–Kier alpha value is -3.59. The van der Waals surface area contributed by atoms with E-state index in [1.165, 1.54) is 0 Å². The lowest BCUT2D eigenvalue weighted by Crippen LogP contribution is -2.17.